The third kappa shape index (κ3) is 2.57. The molecule has 4 aromatic rings. The summed E-state index contributed by atoms with van der Waals surface area (Å²) in [6, 6.07) is 11.3. The molecule has 26 heavy (non-hydrogen) atoms. The molecule has 2 aromatic carbocycles. The van der Waals surface area contributed by atoms with Crippen LogP contribution in [-0.4, -0.2) is 31.7 Å². The van der Waals surface area contributed by atoms with E-state index in [1.165, 1.54) is 0 Å². The molecule has 0 saturated heterocycles. The summed E-state index contributed by atoms with van der Waals surface area (Å²) in [7, 11) is 1.96. The molecule has 0 unspecified atom stereocenters. The highest BCUT2D eigenvalue weighted by atomic mass is 16.5. The number of benzene rings is 2. The number of carbonyl (C=O) groups excluding carboxylic acids is 1. The maximum absolute atomic E-state index is 12.0. The smallest absolute Gasteiger partial charge is 0.338 e. The topological polar surface area (TPSA) is 88.0 Å². The highest BCUT2D eigenvalue weighted by molar-refractivity contribution is 5.94. The van der Waals surface area contributed by atoms with Gasteiger partial charge in [0.25, 0.3) is 0 Å². The summed E-state index contributed by atoms with van der Waals surface area (Å²) in [5.41, 5.74) is 11.2. The van der Waals surface area contributed by atoms with Gasteiger partial charge in [0.1, 0.15) is 0 Å². The van der Waals surface area contributed by atoms with Crippen molar-refractivity contribution in [2.75, 3.05) is 12.3 Å². The van der Waals surface area contributed by atoms with Crippen LogP contribution in [0.3, 0.4) is 0 Å². The van der Waals surface area contributed by atoms with Gasteiger partial charge in [-0.15, -0.1) is 0 Å². The molecule has 7 nitrogen and oxygen atoms in total. The van der Waals surface area contributed by atoms with Crippen molar-refractivity contribution in [2.24, 2.45) is 7.05 Å². The number of ether oxygens (including phenoxy) is 1. The first kappa shape index (κ1) is 16.1. The fourth-order valence-corrected chi connectivity index (χ4v) is 3.16. The first-order valence-electron chi connectivity index (χ1n) is 8.40. The molecule has 0 aliphatic carbocycles. The van der Waals surface area contributed by atoms with Crippen LogP contribution in [0.2, 0.25) is 0 Å². The predicted octanol–water partition coefficient (Wildman–Crippen LogP) is 2.73. The van der Waals surface area contributed by atoms with E-state index >= 15 is 0 Å². The number of nitrogens with two attached hydrogens (primary N) is 1. The Hall–Kier alpha value is -3.35. The van der Waals surface area contributed by atoms with Crippen LogP contribution in [0.25, 0.3) is 22.1 Å². The van der Waals surface area contributed by atoms with Crippen LogP contribution in [-0.2, 0) is 18.3 Å². The molecule has 2 heterocycles. The molecule has 0 fully saturated rings. The molecule has 0 atom stereocenters. The summed E-state index contributed by atoms with van der Waals surface area (Å²) in [6.45, 7) is 2.63. The van der Waals surface area contributed by atoms with Gasteiger partial charge in [0.2, 0.25) is 5.95 Å². The Morgan fingerprint density at radius 1 is 1.23 bits per heavy atom. The Balaban J connectivity index is 1.81. The van der Waals surface area contributed by atoms with Crippen LogP contribution < -0.4 is 5.73 Å². The van der Waals surface area contributed by atoms with E-state index in [1.807, 2.05) is 34.4 Å². The fraction of sp³-hybridized carbons (Fsp3) is 0.211. The lowest BCUT2D eigenvalue weighted by atomic mass is 10.1. The van der Waals surface area contributed by atoms with Crippen LogP contribution in [0.1, 0.15) is 22.8 Å². The number of para-hydroxylation sites is 1. The minimum atomic E-state index is -0.354. The summed E-state index contributed by atoms with van der Waals surface area (Å²) in [6.07, 6.45) is 1.79. The van der Waals surface area contributed by atoms with Gasteiger partial charge in [0.15, 0.2) is 0 Å². The number of carbonyl (C=O) groups is 1. The van der Waals surface area contributed by atoms with Crippen molar-refractivity contribution >= 4 is 34.0 Å². The lowest BCUT2D eigenvalue weighted by molar-refractivity contribution is 0.0526. The Morgan fingerprint density at radius 2 is 2.08 bits per heavy atom. The van der Waals surface area contributed by atoms with E-state index < -0.39 is 0 Å². The molecule has 0 amide bonds. The van der Waals surface area contributed by atoms with E-state index in [9.17, 15) is 4.79 Å². The van der Waals surface area contributed by atoms with Crippen molar-refractivity contribution in [3.05, 3.63) is 53.9 Å². The molecule has 132 valence electrons. The number of rotatable bonds is 4. The summed E-state index contributed by atoms with van der Waals surface area (Å²) in [5, 5.41) is 0. The number of hydrogen-bond acceptors (Lipinski definition) is 5. The number of esters is 1. The monoisotopic (exact) mass is 349 g/mol. The average molecular weight is 349 g/mol. The van der Waals surface area contributed by atoms with Crippen LogP contribution in [0.5, 0.6) is 0 Å². The Kier molecular flexibility index (Phi) is 3.84. The third-order valence-corrected chi connectivity index (χ3v) is 4.46. The first-order valence-corrected chi connectivity index (χ1v) is 8.40. The highest BCUT2D eigenvalue weighted by Gasteiger charge is 2.15. The molecule has 0 aliphatic heterocycles. The number of aromatic nitrogens is 4. The second-order valence-corrected chi connectivity index (χ2v) is 6.12. The predicted molar refractivity (Wildman–Crippen MR) is 99.9 cm³/mol. The Labute approximate surface area is 150 Å². The maximum Gasteiger partial charge on any atom is 0.338 e. The summed E-state index contributed by atoms with van der Waals surface area (Å²) >= 11 is 0. The summed E-state index contributed by atoms with van der Waals surface area (Å²) in [5.74, 6) is 0.0430. The van der Waals surface area contributed by atoms with Gasteiger partial charge in [-0.05, 0) is 36.8 Å². The molecule has 0 bridgehead atoms. The zero-order valence-corrected chi connectivity index (χ0v) is 14.6. The molecule has 0 radical (unpaired) electrons. The van der Waals surface area contributed by atoms with E-state index in [2.05, 4.69) is 9.97 Å². The zero-order valence-electron chi connectivity index (χ0n) is 14.6. The van der Waals surface area contributed by atoms with E-state index in [4.69, 9.17) is 10.5 Å². The fourth-order valence-electron chi connectivity index (χ4n) is 3.16. The van der Waals surface area contributed by atoms with Gasteiger partial charge >= 0.3 is 5.97 Å². The molecule has 0 aliphatic rings. The van der Waals surface area contributed by atoms with Gasteiger partial charge < -0.3 is 19.6 Å². The van der Waals surface area contributed by atoms with Gasteiger partial charge in [0, 0.05) is 7.05 Å². The van der Waals surface area contributed by atoms with E-state index in [-0.39, 0.29) is 5.97 Å². The molecule has 0 saturated carbocycles. The van der Waals surface area contributed by atoms with Gasteiger partial charge in [-0.3, -0.25) is 0 Å². The van der Waals surface area contributed by atoms with Gasteiger partial charge in [-0.1, -0.05) is 12.1 Å². The number of nitrogen functional groups attached to an aromatic ring is 1. The van der Waals surface area contributed by atoms with Crippen molar-refractivity contribution < 1.29 is 9.53 Å². The second-order valence-electron chi connectivity index (χ2n) is 6.12. The van der Waals surface area contributed by atoms with E-state index in [0.717, 1.165) is 27.6 Å². The number of anilines is 1. The van der Waals surface area contributed by atoms with Crippen LogP contribution in [0, 0.1) is 0 Å². The largest absolute Gasteiger partial charge is 0.462 e. The molecule has 7 heteroatoms. The molecule has 0 spiro atoms. The van der Waals surface area contributed by atoms with Gasteiger partial charge in [0.05, 0.1) is 47.1 Å². The number of imidazole rings is 2. The summed E-state index contributed by atoms with van der Waals surface area (Å²) in [4.78, 5) is 20.9. The standard InChI is InChI=1S/C19H19N5O2/c1-3-26-18(25)12-7-8-14-16(9-12)24(19(20)22-14)10-13-5-4-6-15-17(13)21-11-23(15)2/h4-9,11H,3,10H2,1-2H3,(H2,20,22). The maximum atomic E-state index is 12.0. The van der Waals surface area contributed by atoms with Crippen molar-refractivity contribution in [3.63, 3.8) is 0 Å². The van der Waals surface area contributed by atoms with Crippen molar-refractivity contribution in [1.82, 2.24) is 19.1 Å². The second kappa shape index (κ2) is 6.18. The molecular weight excluding hydrogens is 330 g/mol. The number of aryl methyl sites for hydroxylation is 1. The average Bonchev–Trinajstić information content (AvgIpc) is 3.16. The van der Waals surface area contributed by atoms with Crippen LogP contribution >= 0.6 is 0 Å². The lowest BCUT2D eigenvalue weighted by Crippen LogP contribution is -2.07. The third-order valence-electron chi connectivity index (χ3n) is 4.46. The summed E-state index contributed by atoms with van der Waals surface area (Å²) < 4.78 is 8.96. The minimum Gasteiger partial charge on any atom is -0.462 e. The van der Waals surface area contributed by atoms with E-state index in [1.54, 1.807) is 31.5 Å². The number of fused-ring (bicyclic) bond motifs is 2. The van der Waals surface area contributed by atoms with Gasteiger partial charge in [-0.2, -0.15) is 0 Å². The van der Waals surface area contributed by atoms with Crippen molar-refractivity contribution in [1.29, 1.82) is 0 Å². The SMILES string of the molecule is CCOC(=O)c1ccc2nc(N)n(Cc3cccc4c3ncn4C)c2c1. The number of nitrogens with zero attached hydrogens (tertiary/aromatic N) is 4. The Morgan fingerprint density at radius 3 is 2.88 bits per heavy atom. The Bertz CT molecular complexity index is 1130. The zero-order chi connectivity index (χ0) is 18.3. The highest BCUT2D eigenvalue weighted by Crippen LogP contribution is 2.24. The molecule has 2 N–H and O–H groups in total. The molecule has 2 aromatic heterocycles. The minimum absolute atomic E-state index is 0.333. The lowest BCUT2D eigenvalue weighted by Gasteiger charge is -2.09. The number of hydrogen-bond donors (Lipinski definition) is 1. The molecular formula is C19H19N5O2. The normalized spacial score (nSPS) is 11.3. The van der Waals surface area contributed by atoms with Crippen molar-refractivity contribution in [3.8, 4) is 0 Å². The van der Waals surface area contributed by atoms with Crippen LogP contribution in [0.4, 0.5) is 5.95 Å². The van der Waals surface area contributed by atoms with Crippen molar-refractivity contribution in [2.45, 2.75) is 13.5 Å². The van der Waals surface area contributed by atoms with Crippen LogP contribution in [0.15, 0.2) is 42.7 Å². The van der Waals surface area contributed by atoms with E-state index in [0.29, 0.717) is 24.7 Å². The van der Waals surface area contributed by atoms with Gasteiger partial charge in [-0.25, -0.2) is 14.8 Å². The first-order chi connectivity index (χ1) is 12.6. The quantitative estimate of drug-likeness (QED) is 0.572. The molecule has 4 rings (SSSR count).